The van der Waals surface area contributed by atoms with Crippen LogP contribution in [0.5, 0.6) is 0 Å². The lowest BCUT2D eigenvalue weighted by Gasteiger charge is -2.33. The van der Waals surface area contributed by atoms with Gasteiger partial charge in [0.2, 0.25) is 0 Å². The van der Waals surface area contributed by atoms with Crippen LogP contribution in [-0.2, 0) is 14.3 Å². The van der Waals surface area contributed by atoms with Crippen molar-refractivity contribution in [2.75, 3.05) is 32.8 Å². The molecule has 0 unspecified atom stereocenters. The first kappa shape index (κ1) is 20.4. The zero-order valence-electron chi connectivity index (χ0n) is 16.4. The minimum Gasteiger partial charge on any atom is -0.450 e. The van der Waals surface area contributed by atoms with Crippen LogP contribution in [0.4, 0.5) is 4.79 Å². The quantitative estimate of drug-likeness (QED) is 0.805. The number of nitrogens with zero attached hydrogens (tertiary/aromatic N) is 2. The first-order valence-corrected chi connectivity index (χ1v) is 9.71. The van der Waals surface area contributed by atoms with Crippen molar-refractivity contribution >= 4 is 17.9 Å². The molecule has 1 heterocycles. The van der Waals surface area contributed by atoms with Crippen LogP contribution in [0.25, 0.3) is 0 Å². The molecule has 0 aromatic heterocycles. The SMILES string of the molecule is CCOC(=O)N1CCN(C(=O)C(=O)NC(c2ccccc2)c2ccccc2)CC1. The smallest absolute Gasteiger partial charge is 0.409 e. The lowest BCUT2D eigenvalue weighted by atomic mass is 9.98. The summed E-state index contributed by atoms with van der Waals surface area (Å²) in [6.45, 7) is 3.34. The first-order chi connectivity index (χ1) is 14.1. The maximum atomic E-state index is 12.7. The standard InChI is InChI=1S/C22H25N3O4/c1-2-29-22(28)25-15-13-24(14-16-25)21(27)20(26)23-19(17-9-5-3-6-10-17)18-11-7-4-8-12-18/h3-12,19H,2,13-16H2,1H3,(H,23,26). The van der Waals surface area contributed by atoms with Gasteiger partial charge < -0.3 is 19.9 Å². The molecule has 1 fully saturated rings. The monoisotopic (exact) mass is 395 g/mol. The summed E-state index contributed by atoms with van der Waals surface area (Å²) in [7, 11) is 0. The molecule has 1 aliphatic rings. The van der Waals surface area contributed by atoms with Gasteiger partial charge in [0.25, 0.3) is 0 Å². The lowest BCUT2D eigenvalue weighted by Crippen LogP contribution is -2.54. The number of amides is 3. The van der Waals surface area contributed by atoms with Gasteiger partial charge in [-0.1, -0.05) is 60.7 Å². The second kappa shape index (κ2) is 9.73. The van der Waals surface area contributed by atoms with E-state index in [1.807, 2.05) is 60.7 Å². The summed E-state index contributed by atoms with van der Waals surface area (Å²) in [5, 5.41) is 2.87. The van der Waals surface area contributed by atoms with E-state index in [0.717, 1.165) is 11.1 Å². The second-order valence-corrected chi connectivity index (χ2v) is 6.71. The van der Waals surface area contributed by atoms with E-state index in [-0.39, 0.29) is 0 Å². The van der Waals surface area contributed by atoms with Crippen molar-refractivity contribution in [2.45, 2.75) is 13.0 Å². The van der Waals surface area contributed by atoms with Crippen LogP contribution >= 0.6 is 0 Å². The van der Waals surface area contributed by atoms with Crippen molar-refractivity contribution < 1.29 is 19.1 Å². The Labute approximate surface area is 170 Å². The Kier molecular flexibility index (Phi) is 6.84. The predicted octanol–water partition coefficient (Wildman–Crippen LogP) is 2.19. The molecule has 0 spiro atoms. The van der Waals surface area contributed by atoms with Gasteiger partial charge >= 0.3 is 17.9 Å². The third kappa shape index (κ3) is 5.13. The van der Waals surface area contributed by atoms with Gasteiger partial charge in [-0.25, -0.2) is 4.79 Å². The van der Waals surface area contributed by atoms with E-state index in [4.69, 9.17) is 4.74 Å². The van der Waals surface area contributed by atoms with Crippen molar-refractivity contribution in [1.82, 2.24) is 15.1 Å². The Morgan fingerprint density at radius 1 is 0.862 bits per heavy atom. The maximum Gasteiger partial charge on any atom is 0.409 e. The fourth-order valence-electron chi connectivity index (χ4n) is 3.29. The highest BCUT2D eigenvalue weighted by Crippen LogP contribution is 2.21. The Bertz CT molecular complexity index is 794. The van der Waals surface area contributed by atoms with E-state index in [0.29, 0.717) is 32.8 Å². The predicted molar refractivity (Wildman–Crippen MR) is 108 cm³/mol. The van der Waals surface area contributed by atoms with Gasteiger partial charge in [-0.3, -0.25) is 9.59 Å². The molecular formula is C22H25N3O4. The van der Waals surface area contributed by atoms with Crippen molar-refractivity contribution in [3.05, 3.63) is 71.8 Å². The minimum atomic E-state index is -0.660. The zero-order valence-corrected chi connectivity index (χ0v) is 16.4. The van der Waals surface area contributed by atoms with E-state index in [1.165, 1.54) is 4.90 Å². The van der Waals surface area contributed by atoms with Gasteiger partial charge in [0.15, 0.2) is 0 Å². The average molecular weight is 395 g/mol. The number of ether oxygens (including phenoxy) is 1. The molecule has 3 amide bonds. The van der Waals surface area contributed by atoms with Crippen molar-refractivity contribution in [3.8, 4) is 0 Å². The average Bonchev–Trinajstić information content (AvgIpc) is 2.78. The third-order valence-electron chi connectivity index (χ3n) is 4.83. The van der Waals surface area contributed by atoms with Gasteiger partial charge in [0, 0.05) is 26.2 Å². The summed E-state index contributed by atoms with van der Waals surface area (Å²) < 4.78 is 4.98. The van der Waals surface area contributed by atoms with Gasteiger partial charge in [-0.2, -0.15) is 0 Å². The molecule has 1 aliphatic heterocycles. The molecule has 2 aromatic carbocycles. The highest BCUT2D eigenvalue weighted by atomic mass is 16.6. The van der Waals surface area contributed by atoms with Gasteiger partial charge in [-0.05, 0) is 18.1 Å². The van der Waals surface area contributed by atoms with Gasteiger partial charge in [0.1, 0.15) is 0 Å². The largest absolute Gasteiger partial charge is 0.450 e. The van der Waals surface area contributed by atoms with E-state index in [9.17, 15) is 14.4 Å². The summed E-state index contributed by atoms with van der Waals surface area (Å²) >= 11 is 0. The summed E-state index contributed by atoms with van der Waals surface area (Å²) in [5.41, 5.74) is 1.79. The van der Waals surface area contributed by atoms with Crippen LogP contribution in [0.3, 0.4) is 0 Å². The number of hydrogen-bond donors (Lipinski definition) is 1. The molecule has 152 valence electrons. The molecule has 1 N–H and O–H groups in total. The van der Waals surface area contributed by atoms with Crippen LogP contribution in [0.15, 0.2) is 60.7 Å². The molecular weight excluding hydrogens is 370 g/mol. The molecule has 0 bridgehead atoms. The maximum absolute atomic E-state index is 12.7. The fraction of sp³-hybridized carbons (Fsp3) is 0.318. The molecule has 2 aromatic rings. The van der Waals surface area contributed by atoms with Crippen LogP contribution in [-0.4, -0.2) is 60.5 Å². The summed E-state index contributed by atoms with van der Waals surface area (Å²) in [4.78, 5) is 40.2. The van der Waals surface area contributed by atoms with Crippen LogP contribution in [0, 0.1) is 0 Å². The first-order valence-electron chi connectivity index (χ1n) is 9.71. The molecule has 0 atom stereocenters. The number of rotatable bonds is 4. The molecule has 7 heteroatoms. The van der Waals surface area contributed by atoms with Crippen molar-refractivity contribution in [3.63, 3.8) is 0 Å². The number of hydrogen-bond acceptors (Lipinski definition) is 4. The van der Waals surface area contributed by atoms with Crippen LogP contribution < -0.4 is 5.32 Å². The molecule has 3 rings (SSSR count). The number of benzene rings is 2. The Hall–Kier alpha value is -3.35. The molecule has 0 radical (unpaired) electrons. The summed E-state index contributed by atoms with van der Waals surface area (Å²) in [5.74, 6) is -1.25. The molecule has 0 aliphatic carbocycles. The Morgan fingerprint density at radius 3 is 1.83 bits per heavy atom. The van der Waals surface area contributed by atoms with Crippen molar-refractivity contribution in [2.24, 2.45) is 0 Å². The van der Waals surface area contributed by atoms with Gasteiger partial charge in [0.05, 0.1) is 12.6 Å². The third-order valence-corrected chi connectivity index (χ3v) is 4.83. The topological polar surface area (TPSA) is 79.0 Å². The Morgan fingerprint density at radius 2 is 1.34 bits per heavy atom. The van der Waals surface area contributed by atoms with E-state index < -0.39 is 23.9 Å². The molecule has 0 saturated carbocycles. The zero-order chi connectivity index (χ0) is 20.6. The second-order valence-electron chi connectivity index (χ2n) is 6.71. The van der Waals surface area contributed by atoms with Crippen LogP contribution in [0.1, 0.15) is 24.1 Å². The lowest BCUT2D eigenvalue weighted by molar-refractivity contribution is -0.147. The number of carbonyl (C=O) groups excluding carboxylic acids is 3. The van der Waals surface area contributed by atoms with Gasteiger partial charge in [-0.15, -0.1) is 0 Å². The molecule has 7 nitrogen and oxygen atoms in total. The summed E-state index contributed by atoms with van der Waals surface area (Å²) in [6.07, 6.45) is -0.391. The van der Waals surface area contributed by atoms with E-state index in [2.05, 4.69) is 5.32 Å². The normalized spacial score (nSPS) is 13.9. The van der Waals surface area contributed by atoms with Crippen LogP contribution in [0.2, 0.25) is 0 Å². The highest BCUT2D eigenvalue weighted by molar-refractivity contribution is 6.35. The Balaban J connectivity index is 1.66. The highest BCUT2D eigenvalue weighted by Gasteiger charge is 2.30. The van der Waals surface area contributed by atoms with Crippen molar-refractivity contribution in [1.29, 1.82) is 0 Å². The number of nitrogens with one attached hydrogen (secondary N) is 1. The fourth-order valence-corrected chi connectivity index (χ4v) is 3.29. The molecule has 1 saturated heterocycles. The van der Waals surface area contributed by atoms with E-state index >= 15 is 0 Å². The number of piperazine rings is 1. The molecule has 29 heavy (non-hydrogen) atoms. The minimum absolute atomic E-state index is 0.298. The van der Waals surface area contributed by atoms with E-state index in [1.54, 1.807) is 11.8 Å². The summed E-state index contributed by atoms with van der Waals surface area (Å²) in [6, 6.07) is 18.6. The number of carbonyl (C=O) groups is 3.